The number of hydrogen-bond acceptors (Lipinski definition) is 0. The Hall–Kier alpha value is -0.520. The molecule has 0 heterocycles. The van der Waals surface area contributed by atoms with Crippen molar-refractivity contribution in [3.05, 3.63) is 24.3 Å². The number of hydrogen-bond donors (Lipinski definition) is 0. The standard InChI is InChI=1S/C24H42/c1-3-5-10-21-16-18-22(19-17-21)12-7-8-13-24-15-9-14-23(20-24)11-6-4-2/h3,5-6,11,21-24H,4,7-10,12-20H2,1-2H3/t21-,22-,23?,24?. The van der Waals surface area contributed by atoms with Crippen LogP contribution in [0.5, 0.6) is 0 Å². The molecule has 0 aromatic rings. The molecule has 138 valence electrons. The van der Waals surface area contributed by atoms with Gasteiger partial charge in [-0.2, -0.15) is 0 Å². The maximum absolute atomic E-state index is 2.51. The predicted molar refractivity (Wildman–Crippen MR) is 108 cm³/mol. The van der Waals surface area contributed by atoms with E-state index in [1.807, 2.05) is 0 Å². The van der Waals surface area contributed by atoms with Gasteiger partial charge in [-0.05, 0) is 69.1 Å². The molecule has 0 aromatic carbocycles. The highest BCUT2D eigenvalue weighted by atomic mass is 14.3. The molecule has 0 bridgehead atoms. The first-order valence-electron chi connectivity index (χ1n) is 11.1. The molecule has 2 aliphatic rings. The third-order valence-corrected chi connectivity index (χ3v) is 6.61. The van der Waals surface area contributed by atoms with Gasteiger partial charge in [0.05, 0.1) is 0 Å². The number of rotatable bonds is 9. The van der Waals surface area contributed by atoms with Crippen molar-refractivity contribution in [3.8, 4) is 0 Å². The zero-order valence-electron chi connectivity index (χ0n) is 16.5. The Morgan fingerprint density at radius 2 is 1.50 bits per heavy atom. The molecule has 2 saturated carbocycles. The summed E-state index contributed by atoms with van der Waals surface area (Å²) in [6, 6.07) is 0. The summed E-state index contributed by atoms with van der Waals surface area (Å²) in [6.07, 6.45) is 29.9. The summed E-state index contributed by atoms with van der Waals surface area (Å²) in [7, 11) is 0. The summed E-state index contributed by atoms with van der Waals surface area (Å²) in [6.45, 7) is 4.41. The van der Waals surface area contributed by atoms with Gasteiger partial charge in [0.2, 0.25) is 0 Å². The van der Waals surface area contributed by atoms with E-state index in [0.29, 0.717) is 0 Å². The Morgan fingerprint density at radius 3 is 2.21 bits per heavy atom. The normalized spacial score (nSPS) is 31.9. The molecule has 0 amide bonds. The molecule has 2 rings (SSSR count). The van der Waals surface area contributed by atoms with Gasteiger partial charge < -0.3 is 0 Å². The van der Waals surface area contributed by atoms with E-state index in [1.165, 1.54) is 89.9 Å². The Bertz CT molecular complexity index is 356. The Balaban J connectivity index is 1.53. The van der Waals surface area contributed by atoms with E-state index in [0.717, 1.165) is 23.7 Å². The molecule has 0 nitrogen and oxygen atoms in total. The van der Waals surface area contributed by atoms with Crippen LogP contribution >= 0.6 is 0 Å². The summed E-state index contributed by atoms with van der Waals surface area (Å²) in [5.74, 6) is 3.98. The van der Waals surface area contributed by atoms with Gasteiger partial charge >= 0.3 is 0 Å². The molecule has 0 spiro atoms. The van der Waals surface area contributed by atoms with E-state index in [2.05, 4.69) is 38.2 Å². The van der Waals surface area contributed by atoms with Crippen molar-refractivity contribution in [2.45, 2.75) is 104 Å². The second-order valence-electron chi connectivity index (χ2n) is 8.61. The van der Waals surface area contributed by atoms with E-state index in [-0.39, 0.29) is 0 Å². The van der Waals surface area contributed by atoms with Gasteiger partial charge in [-0.3, -0.25) is 0 Å². The molecule has 2 fully saturated rings. The van der Waals surface area contributed by atoms with Crippen LogP contribution in [-0.2, 0) is 0 Å². The summed E-state index contributed by atoms with van der Waals surface area (Å²) < 4.78 is 0. The molecule has 0 saturated heterocycles. The maximum Gasteiger partial charge on any atom is -0.0231 e. The summed E-state index contributed by atoms with van der Waals surface area (Å²) >= 11 is 0. The van der Waals surface area contributed by atoms with Gasteiger partial charge in [0.1, 0.15) is 0 Å². The van der Waals surface area contributed by atoms with Crippen molar-refractivity contribution in [2.75, 3.05) is 0 Å². The molecule has 0 N–H and O–H groups in total. The average Bonchev–Trinajstić information content (AvgIpc) is 2.63. The fourth-order valence-electron chi connectivity index (χ4n) is 5.05. The van der Waals surface area contributed by atoms with Crippen LogP contribution in [-0.4, -0.2) is 0 Å². The summed E-state index contributed by atoms with van der Waals surface area (Å²) in [5.41, 5.74) is 0. The summed E-state index contributed by atoms with van der Waals surface area (Å²) in [5, 5.41) is 0. The second-order valence-corrected chi connectivity index (χ2v) is 8.61. The lowest BCUT2D eigenvalue weighted by molar-refractivity contribution is 0.250. The zero-order valence-corrected chi connectivity index (χ0v) is 16.5. The zero-order chi connectivity index (χ0) is 17.0. The van der Waals surface area contributed by atoms with Gasteiger partial charge in [0.25, 0.3) is 0 Å². The van der Waals surface area contributed by atoms with Crippen molar-refractivity contribution >= 4 is 0 Å². The highest BCUT2D eigenvalue weighted by Crippen LogP contribution is 2.36. The van der Waals surface area contributed by atoms with Crippen LogP contribution < -0.4 is 0 Å². The van der Waals surface area contributed by atoms with Crippen molar-refractivity contribution in [1.29, 1.82) is 0 Å². The monoisotopic (exact) mass is 330 g/mol. The average molecular weight is 331 g/mol. The summed E-state index contributed by atoms with van der Waals surface area (Å²) in [4.78, 5) is 0. The van der Waals surface area contributed by atoms with Gasteiger partial charge in [0.15, 0.2) is 0 Å². The lowest BCUT2D eigenvalue weighted by atomic mass is 9.77. The number of allylic oxidation sites excluding steroid dienone is 4. The molecular formula is C24H42. The largest absolute Gasteiger partial charge is 0.0917 e. The lowest BCUT2D eigenvalue weighted by Crippen LogP contribution is -2.15. The lowest BCUT2D eigenvalue weighted by Gasteiger charge is -2.29. The Labute approximate surface area is 152 Å². The maximum atomic E-state index is 2.51. The second kappa shape index (κ2) is 11.9. The highest BCUT2D eigenvalue weighted by molar-refractivity contribution is 4.91. The van der Waals surface area contributed by atoms with Crippen LogP contribution in [0.3, 0.4) is 0 Å². The van der Waals surface area contributed by atoms with E-state index in [4.69, 9.17) is 0 Å². The molecule has 0 radical (unpaired) electrons. The van der Waals surface area contributed by atoms with E-state index >= 15 is 0 Å². The van der Waals surface area contributed by atoms with Gasteiger partial charge in [0, 0.05) is 0 Å². The van der Waals surface area contributed by atoms with Crippen molar-refractivity contribution in [1.82, 2.24) is 0 Å². The van der Waals surface area contributed by atoms with Gasteiger partial charge in [-0.1, -0.05) is 82.6 Å². The fraction of sp³-hybridized carbons (Fsp3) is 0.833. The smallest absolute Gasteiger partial charge is 0.0231 e. The van der Waals surface area contributed by atoms with Crippen LogP contribution in [0.4, 0.5) is 0 Å². The fourth-order valence-corrected chi connectivity index (χ4v) is 5.05. The molecule has 0 aromatic heterocycles. The van der Waals surface area contributed by atoms with E-state index < -0.39 is 0 Å². The van der Waals surface area contributed by atoms with Crippen LogP contribution in [0, 0.1) is 23.7 Å². The van der Waals surface area contributed by atoms with Crippen LogP contribution in [0.25, 0.3) is 0 Å². The molecular weight excluding hydrogens is 288 g/mol. The first-order chi connectivity index (χ1) is 11.8. The van der Waals surface area contributed by atoms with Gasteiger partial charge in [-0.15, -0.1) is 0 Å². The van der Waals surface area contributed by atoms with Crippen LogP contribution in [0.1, 0.15) is 104 Å². The Kier molecular flexibility index (Phi) is 9.85. The quantitative estimate of drug-likeness (QED) is 0.296. The third-order valence-electron chi connectivity index (χ3n) is 6.61. The topological polar surface area (TPSA) is 0 Å². The minimum atomic E-state index is 0.899. The first kappa shape index (κ1) is 19.8. The minimum absolute atomic E-state index is 0.899. The van der Waals surface area contributed by atoms with E-state index in [9.17, 15) is 0 Å². The Morgan fingerprint density at radius 1 is 0.792 bits per heavy atom. The van der Waals surface area contributed by atoms with Crippen LogP contribution in [0.15, 0.2) is 24.3 Å². The third kappa shape index (κ3) is 7.58. The molecule has 2 unspecified atom stereocenters. The molecule has 0 aliphatic heterocycles. The molecule has 0 heteroatoms. The highest BCUT2D eigenvalue weighted by Gasteiger charge is 2.21. The number of unbranched alkanes of at least 4 members (excludes halogenated alkanes) is 1. The van der Waals surface area contributed by atoms with Crippen molar-refractivity contribution in [3.63, 3.8) is 0 Å². The minimum Gasteiger partial charge on any atom is -0.0917 e. The molecule has 2 atom stereocenters. The van der Waals surface area contributed by atoms with E-state index in [1.54, 1.807) is 0 Å². The first-order valence-corrected chi connectivity index (χ1v) is 11.1. The van der Waals surface area contributed by atoms with Crippen LogP contribution in [0.2, 0.25) is 0 Å². The molecule has 2 aliphatic carbocycles. The van der Waals surface area contributed by atoms with Gasteiger partial charge in [-0.25, -0.2) is 0 Å². The van der Waals surface area contributed by atoms with Crippen molar-refractivity contribution < 1.29 is 0 Å². The van der Waals surface area contributed by atoms with Crippen molar-refractivity contribution in [2.24, 2.45) is 23.7 Å². The SMILES string of the molecule is CC=CC[C@H]1CC[C@H](CCCCC2CCCC(C=CCC)C2)CC1. The molecule has 24 heavy (non-hydrogen) atoms. The predicted octanol–water partition coefficient (Wildman–Crippen LogP) is 8.09.